The topological polar surface area (TPSA) is 35.5 Å². The maximum atomic E-state index is 11.2. The fourth-order valence-corrected chi connectivity index (χ4v) is 1.35. The SMILES string of the molecule is COC(=O)C(C)COc1cc(C)ccc1C. The molecule has 1 rings (SSSR count). The highest BCUT2D eigenvalue weighted by molar-refractivity contribution is 5.71. The second-order valence-corrected chi connectivity index (χ2v) is 4.00. The van der Waals surface area contributed by atoms with E-state index in [1.165, 1.54) is 7.11 Å². The number of aryl methyl sites for hydroxylation is 2. The minimum Gasteiger partial charge on any atom is -0.492 e. The highest BCUT2D eigenvalue weighted by Gasteiger charge is 2.14. The minimum absolute atomic E-state index is 0.245. The van der Waals surface area contributed by atoms with E-state index in [4.69, 9.17) is 4.74 Å². The molecule has 0 heterocycles. The molecular formula is C13H18O3. The first-order valence-corrected chi connectivity index (χ1v) is 5.32. The zero-order valence-corrected chi connectivity index (χ0v) is 10.2. The molecule has 3 nitrogen and oxygen atoms in total. The first-order valence-electron chi connectivity index (χ1n) is 5.32. The van der Waals surface area contributed by atoms with Crippen LogP contribution < -0.4 is 4.74 Å². The lowest BCUT2D eigenvalue weighted by Gasteiger charge is -2.13. The van der Waals surface area contributed by atoms with Gasteiger partial charge in [-0.15, -0.1) is 0 Å². The van der Waals surface area contributed by atoms with Gasteiger partial charge in [-0.2, -0.15) is 0 Å². The van der Waals surface area contributed by atoms with Gasteiger partial charge in [0.25, 0.3) is 0 Å². The summed E-state index contributed by atoms with van der Waals surface area (Å²) in [5.41, 5.74) is 2.22. The van der Waals surface area contributed by atoms with E-state index >= 15 is 0 Å². The number of rotatable bonds is 4. The minimum atomic E-state index is -0.245. The Labute approximate surface area is 96.4 Å². The molecule has 3 heteroatoms. The smallest absolute Gasteiger partial charge is 0.311 e. The second-order valence-electron chi connectivity index (χ2n) is 4.00. The van der Waals surface area contributed by atoms with E-state index in [0.29, 0.717) is 6.61 Å². The molecule has 0 aromatic heterocycles. The number of methoxy groups -OCH3 is 1. The molecule has 1 aromatic carbocycles. The molecule has 0 radical (unpaired) electrons. The zero-order valence-electron chi connectivity index (χ0n) is 10.2. The number of carbonyl (C=O) groups is 1. The zero-order chi connectivity index (χ0) is 12.1. The Morgan fingerprint density at radius 3 is 2.69 bits per heavy atom. The summed E-state index contributed by atoms with van der Waals surface area (Å²) < 4.78 is 10.2. The van der Waals surface area contributed by atoms with E-state index in [9.17, 15) is 4.79 Å². The van der Waals surface area contributed by atoms with E-state index in [0.717, 1.165) is 16.9 Å². The van der Waals surface area contributed by atoms with Gasteiger partial charge in [-0.25, -0.2) is 0 Å². The third kappa shape index (κ3) is 3.26. The summed E-state index contributed by atoms with van der Waals surface area (Å²) in [6.45, 7) is 6.13. The molecule has 88 valence electrons. The van der Waals surface area contributed by atoms with Crippen LogP contribution in [0.2, 0.25) is 0 Å². The summed E-state index contributed by atoms with van der Waals surface area (Å²) in [7, 11) is 1.39. The monoisotopic (exact) mass is 222 g/mol. The molecule has 0 amide bonds. The Morgan fingerprint density at radius 2 is 2.06 bits per heavy atom. The molecular weight excluding hydrogens is 204 g/mol. The van der Waals surface area contributed by atoms with Crippen molar-refractivity contribution in [2.75, 3.05) is 13.7 Å². The maximum absolute atomic E-state index is 11.2. The van der Waals surface area contributed by atoms with Gasteiger partial charge >= 0.3 is 5.97 Å². The summed E-state index contributed by atoms with van der Waals surface area (Å²) >= 11 is 0. The van der Waals surface area contributed by atoms with Crippen LogP contribution in [0.15, 0.2) is 18.2 Å². The Kier molecular flexibility index (Phi) is 4.35. The molecule has 0 saturated heterocycles. The summed E-state index contributed by atoms with van der Waals surface area (Å²) in [5, 5.41) is 0. The molecule has 0 fully saturated rings. The molecule has 0 aliphatic heterocycles. The predicted octanol–water partition coefficient (Wildman–Crippen LogP) is 2.49. The van der Waals surface area contributed by atoms with Gasteiger partial charge in [-0.05, 0) is 38.0 Å². The molecule has 0 aliphatic rings. The van der Waals surface area contributed by atoms with Crippen LogP contribution in [0, 0.1) is 19.8 Å². The largest absolute Gasteiger partial charge is 0.492 e. The van der Waals surface area contributed by atoms with Crippen LogP contribution in [0.5, 0.6) is 5.75 Å². The van der Waals surface area contributed by atoms with Crippen molar-refractivity contribution in [2.24, 2.45) is 5.92 Å². The Balaban J connectivity index is 2.60. The van der Waals surface area contributed by atoms with Crippen LogP contribution in [-0.2, 0) is 9.53 Å². The fourth-order valence-electron chi connectivity index (χ4n) is 1.35. The van der Waals surface area contributed by atoms with Crippen molar-refractivity contribution in [3.05, 3.63) is 29.3 Å². The Bertz CT molecular complexity index is 371. The summed E-state index contributed by atoms with van der Waals surface area (Å²) in [6, 6.07) is 6.01. The molecule has 1 aromatic rings. The number of hydrogen-bond acceptors (Lipinski definition) is 3. The molecule has 0 saturated carbocycles. The van der Waals surface area contributed by atoms with Crippen LogP contribution in [0.4, 0.5) is 0 Å². The molecule has 0 bridgehead atoms. The number of ether oxygens (including phenoxy) is 2. The van der Waals surface area contributed by atoms with Crippen molar-refractivity contribution in [1.29, 1.82) is 0 Å². The molecule has 1 atom stereocenters. The maximum Gasteiger partial charge on any atom is 0.311 e. The lowest BCUT2D eigenvalue weighted by Crippen LogP contribution is -2.20. The van der Waals surface area contributed by atoms with Gasteiger partial charge in [0, 0.05) is 0 Å². The number of carbonyl (C=O) groups excluding carboxylic acids is 1. The number of benzene rings is 1. The summed E-state index contributed by atoms with van der Waals surface area (Å²) in [6.07, 6.45) is 0. The quantitative estimate of drug-likeness (QED) is 0.734. The molecule has 0 N–H and O–H groups in total. The summed E-state index contributed by atoms with van der Waals surface area (Å²) in [5.74, 6) is 0.339. The first-order chi connectivity index (χ1) is 7.54. The van der Waals surface area contributed by atoms with E-state index in [2.05, 4.69) is 4.74 Å². The van der Waals surface area contributed by atoms with Crippen molar-refractivity contribution in [3.8, 4) is 5.75 Å². The van der Waals surface area contributed by atoms with E-state index in [1.807, 2.05) is 32.0 Å². The normalized spacial score (nSPS) is 12.0. The average molecular weight is 222 g/mol. The highest BCUT2D eigenvalue weighted by atomic mass is 16.5. The van der Waals surface area contributed by atoms with Crippen molar-refractivity contribution < 1.29 is 14.3 Å². The van der Waals surface area contributed by atoms with Crippen LogP contribution in [0.25, 0.3) is 0 Å². The van der Waals surface area contributed by atoms with Gasteiger partial charge in [0.1, 0.15) is 12.4 Å². The number of esters is 1. The molecule has 0 aliphatic carbocycles. The standard InChI is InChI=1S/C13H18O3/c1-9-5-6-10(2)12(7-9)16-8-11(3)13(14)15-4/h5-7,11H,8H2,1-4H3. The third-order valence-corrected chi connectivity index (χ3v) is 2.44. The van der Waals surface area contributed by atoms with E-state index in [1.54, 1.807) is 6.92 Å². The van der Waals surface area contributed by atoms with Gasteiger partial charge in [0.15, 0.2) is 0 Å². The molecule has 0 spiro atoms. The first kappa shape index (κ1) is 12.6. The number of hydrogen-bond donors (Lipinski definition) is 0. The van der Waals surface area contributed by atoms with Crippen molar-refractivity contribution in [1.82, 2.24) is 0 Å². The van der Waals surface area contributed by atoms with Gasteiger partial charge in [0.05, 0.1) is 13.0 Å². The van der Waals surface area contributed by atoms with Crippen LogP contribution in [0.3, 0.4) is 0 Å². The van der Waals surface area contributed by atoms with Gasteiger partial charge in [-0.1, -0.05) is 12.1 Å². The highest BCUT2D eigenvalue weighted by Crippen LogP contribution is 2.19. The van der Waals surface area contributed by atoms with Gasteiger partial charge in [0.2, 0.25) is 0 Å². The third-order valence-electron chi connectivity index (χ3n) is 2.44. The lowest BCUT2D eigenvalue weighted by molar-refractivity contribution is -0.145. The Hall–Kier alpha value is -1.51. The van der Waals surface area contributed by atoms with Crippen LogP contribution >= 0.6 is 0 Å². The predicted molar refractivity (Wildman–Crippen MR) is 62.6 cm³/mol. The molecule has 16 heavy (non-hydrogen) atoms. The summed E-state index contributed by atoms with van der Waals surface area (Å²) in [4.78, 5) is 11.2. The fraction of sp³-hybridized carbons (Fsp3) is 0.462. The lowest BCUT2D eigenvalue weighted by atomic mass is 10.1. The second kappa shape index (κ2) is 5.54. The van der Waals surface area contributed by atoms with Crippen molar-refractivity contribution in [2.45, 2.75) is 20.8 Å². The Morgan fingerprint density at radius 1 is 1.38 bits per heavy atom. The van der Waals surface area contributed by atoms with E-state index < -0.39 is 0 Å². The molecule has 1 unspecified atom stereocenters. The van der Waals surface area contributed by atoms with Crippen molar-refractivity contribution >= 4 is 5.97 Å². The van der Waals surface area contributed by atoms with Crippen LogP contribution in [-0.4, -0.2) is 19.7 Å². The van der Waals surface area contributed by atoms with Crippen LogP contribution in [0.1, 0.15) is 18.1 Å². The van der Waals surface area contributed by atoms with Gasteiger partial charge in [-0.3, -0.25) is 4.79 Å². The van der Waals surface area contributed by atoms with Crippen molar-refractivity contribution in [3.63, 3.8) is 0 Å². The van der Waals surface area contributed by atoms with Gasteiger partial charge < -0.3 is 9.47 Å². The average Bonchev–Trinajstić information content (AvgIpc) is 2.28. The van der Waals surface area contributed by atoms with E-state index in [-0.39, 0.29) is 11.9 Å².